The van der Waals surface area contributed by atoms with E-state index in [0.717, 1.165) is 31.4 Å². The van der Waals surface area contributed by atoms with E-state index in [2.05, 4.69) is 27.5 Å². The number of imidazole rings is 1. The van der Waals surface area contributed by atoms with Crippen molar-refractivity contribution in [3.05, 3.63) is 18.2 Å². The third-order valence-corrected chi connectivity index (χ3v) is 7.59. The molecular formula is C30H54N4O2. The van der Waals surface area contributed by atoms with Gasteiger partial charge in [-0.15, -0.1) is 0 Å². The number of hydrogen-bond donors (Lipinski definition) is 3. The molecule has 1 aliphatic rings. The van der Waals surface area contributed by atoms with Gasteiger partial charge in [0.25, 0.3) is 0 Å². The Morgan fingerprint density at radius 2 is 1.42 bits per heavy atom. The summed E-state index contributed by atoms with van der Waals surface area (Å²) in [5.41, 5.74) is 0.867. The fraction of sp³-hybridized carbons (Fsp3) is 0.833. The van der Waals surface area contributed by atoms with Crippen molar-refractivity contribution in [2.75, 3.05) is 0 Å². The van der Waals surface area contributed by atoms with Gasteiger partial charge in [0.2, 0.25) is 11.8 Å². The highest BCUT2D eigenvalue weighted by atomic mass is 16.2. The molecule has 3 N–H and O–H groups in total. The molecule has 0 spiro atoms. The SMILES string of the molecule is CCCCCCCCCCCCCCCCCC(=O)N[C@@H](Cc1cnc[nH]1)C(=O)NC1CCCCC1. The van der Waals surface area contributed by atoms with E-state index >= 15 is 0 Å². The van der Waals surface area contributed by atoms with Crippen LogP contribution in [-0.2, 0) is 16.0 Å². The quantitative estimate of drug-likeness (QED) is 0.156. The Labute approximate surface area is 220 Å². The normalized spacial score (nSPS) is 15.0. The van der Waals surface area contributed by atoms with Crippen LogP contribution in [0.2, 0.25) is 0 Å². The van der Waals surface area contributed by atoms with Gasteiger partial charge in [0.05, 0.1) is 6.33 Å². The minimum absolute atomic E-state index is 0.0204. The molecule has 0 aliphatic heterocycles. The zero-order valence-corrected chi connectivity index (χ0v) is 23.1. The highest BCUT2D eigenvalue weighted by molar-refractivity contribution is 5.88. The van der Waals surface area contributed by atoms with E-state index in [0.29, 0.717) is 12.8 Å². The van der Waals surface area contributed by atoms with Gasteiger partial charge in [0, 0.05) is 30.8 Å². The average Bonchev–Trinajstić information content (AvgIpc) is 3.40. The molecule has 0 unspecified atom stereocenters. The molecule has 36 heavy (non-hydrogen) atoms. The maximum Gasteiger partial charge on any atom is 0.243 e. The van der Waals surface area contributed by atoms with Crippen molar-refractivity contribution in [2.45, 2.75) is 160 Å². The summed E-state index contributed by atoms with van der Waals surface area (Å²) in [6.45, 7) is 2.28. The molecule has 1 fully saturated rings. The van der Waals surface area contributed by atoms with E-state index in [-0.39, 0.29) is 17.9 Å². The topological polar surface area (TPSA) is 86.9 Å². The molecule has 0 bridgehead atoms. The summed E-state index contributed by atoms with van der Waals surface area (Å²) in [7, 11) is 0. The average molecular weight is 503 g/mol. The number of nitrogens with one attached hydrogen (secondary N) is 3. The summed E-state index contributed by atoms with van der Waals surface area (Å²) in [6.07, 6.45) is 29.6. The van der Waals surface area contributed by atoms with Gasteiger partial charge in [-0.1, -0.05) is 116 Å². The summed E-state index contributed by atoms with van der Waals surface area (Å²) < 4.78 is 0. The molecule has 6 nitrogen and oxygen atoms in total. The van der Waals surface area contributed by atoms with Crippen molar-refractivity contribution in [1.29, 1.82) is 0 Å². The molecule has 1 saturated carbocycles. The number of unbranched alkanes of at least 4 members (excludes halogenated alkanes) is 14. The Morgan fingerprint density at radius 3 is 1.94 bits per heavy atom. The van der Waals surface area contributed by atoms with Crippen LogP contribution >= 0.6 is 0 Å². The van der Waals surface area contributed by atoms with Crippen LogP contribution in [0, 0.1) is 0 Å². The summed E-state index contributed by atoms with van der Waals surface area (Å²) in [6, 6.07) is -0.306. The number of carbonyl (C=O) groups excluding carboxylic acids is 2. The molecular weight excluding hydrogens is 448 g/mol. The number of H-pyrrole nitrogens is 1. The molecule has 1 aromatic heterocycles. The van der Waals surface area contributed by atoms with Crippen LogP contribution in [0.15, 0.2) is 12.5 Å². The van der Waals surface area contributed by atoms with Crippen molar-refractivity contribution in [1.82, 2.24) is 20.6 Å². The number of amides is 2. The van der Waals surface area contributed by atoms with Gasteiger partial charge in [-0.05, 0) is 19.3 Å². The second-order valence-electron chi connectivity index (χ2n) is 10.9. The Kier molecular flexibility index (Phi) is 17.1. The third-order valence-electron chi connectivity index (χ3n) is 7.59. The van der Waals surface area contributed by atoms with E-state index < -0.39 is 6.04 Å². The second kappa shape index (κ2) is 20.2. The van der Waals surface area contributed by atoms with Crippen LogP contribution in [0.3, 0.4) is 0 Å². The lowest BCUT2D eigenvalue weighted by Gasteiger charge is -2.26. The number of rotatable bonds is 21. The summed E-state index contributed by atoms with van der Waals surface area (Å²) >= 11 is 0. The van der Waals surface area contributed by atoms with Crippen LogP contribution in [0.4, 0.5) is 0 Å². The smallest absolute Gasteiger partial charge is 0.243 e. The maximum absolute atomic E-state index is 12.9. The molecule has 0 aromatic carbocycles. The van der Waals surface area contributed by atoms with Crippen LogP contribution in [0.1, 0.15) is 147 Å². The number of aromatic nitrogens is 2. The van der Waals surface area contributed by atoms with Gasteiger partial charge >= 0.3 is 0 Å². The number of carbonyl (C=O) groups is 2. The molecule has 2 amide bonds. The molecule has 1 heterocycles. The Morgan fingerprint density at radius 1 is 0.861 bits per heavy atom. The van der Waals surface area contributed by atoms with Gasteiger partial charge in [-0.2, -0.15) is 0 Å². The second-order valence-corrected chi connectivity index (χ2v) is 10.9. The van der Waals surface area contributed by atoms with Gasteiger partial charge in [0.1, 0.15) is 6.04 Å². The van der Waals surface area contributed by atoms with Crippen LogP contribution in [0.25, 0.3) is 0 Å². The number of hydrogen-bond acceptors (Lipinski definition) is 3. The molecule has 1 atom stereocenters. The highest BCUT2D eigenvalue weighted by Crippen LogP contribution is 2.18. The van der Waals surface area contributed by atoms with Crippen molar-refractivity contribution < 1.29 is 9.59 Å². The van der Waals surface area contributed by atoms with Crippen LogP contribution < -0.4 is 10.6 Å². The van der Waals surface area contributed by atoms with E-state index in [9.17, 15) is 9.59 Å². The van der Waals surface area contributed by atoms with Crippen LogP contribution in [-0.4, -0.2) is 33.9 Å². The first-order valence-electron chi connectivity index (χ1n) is 15.3. The lowest BCUT2D eigenvalue weighted by Crippen LogP contribution is -2.51. The Hall–Kier alpha value is -1.85. The zero-order valence-electron chi connectivity index (χ0n) is 23.1. The van der Waals surface area contributed by atoms with E-state index in [4.69, 9.17) is 0 Å². The number of nitrogens with zero attached hydrogens (tertiary/aromatic N) is 1. The molecule has 2 rings (SSSR count). The summed E-state index contributed by atoms with van der Waals surface area (Å²) in [4.78, 5) is 32.6. The predicted molar refractivity (Wildman–Crippen MR) is 149 cm³/mol. The van der Waals surface area contributed by atoms with E-state index in [1.54, 1.807) is 12.5 Å². The molecule has 1 aliphatic carbocycles. The lowest BCUT2D eigenvalue weighted by atomic mass is 9.95. The van der Waals surface area contributed by atoms with Crippen LogP contribution in [0.5, 0.6) is 0 Å². The first kappa shape index (κ1) is 30.4. The molecule has 6 heteroatoms. The largest absolute Gasteiger partial charge is 0.352 e. The fourth-order valence-electron chi connectivity index (χ4n) is 5.30. The van der Waals surface area contributed by atoms with Gasteiger partial charge in [-0.3, -0.25) is 9.59 Å². The summed E-state index contributed by atoms with van der Waals surface area (Å²) in [5.74, 6) is -0.0886. The Bertz CT molecular complexity index is 670. The van der Waals surface area contributed by atoms with E-state index in [1.165, 1.54) is 103 Å². The van der Waals surface area contributed by atoms with Crippen molar-refractivity contribution in [3.8, 4) is 0 Å². The van der Waals surface area contributed by atoms with Gasteiger partial charge in [-0.25, -0.2) is 4.98 Å². The monoisotopic (exact) mass is 502 g/mol. The predicted octanol–water partition coefficient (Wildman–Crippen LogP) is 7.15. The van der Waals surface area contributed by atoms with Gasteiger partial charge < -0.3 is 15.6 Å². The number of aromatic amines is 1. The van der Waals surface area contributed by atoms with Crippen molar-refractivity contribution in [3.63, 3.8) is 0 Å². The van der Waals surface area contributed by atoms with Crippen molar-refractivity contribution in [2.24, 2.45) is 0 Å². The highest BCUT2D eigenvalue weighted by Gasteiger charge is 2.24. The first-order chi connectivity index (χ1) is 17.7. The minimum atomic E-state index is -0.545. The van der Waals surface area contributed by atoms with E-state index in [1.807, 2.05) is 0 Å². The maximum atomic E-state index is 12.9. The van der Waals surface area contributed by atoms with Gasteiger partial charge in [0.15, 0.2) is 0 Å². The summed E-state index contributed by atoms with van der Waals surface area (Å²) in [5, 5.41) is 6.17. The molecule has 0 saturated heterocycles. The zero-order chi connectivity index (χ0) is 25.7. The van der Waals surface area contributed by atoms with Crippen molar-refractivity contribution >= 4 is 11.8 Å². The molecule has 206 valence electrons. The standard InChI is InChI=1S/C30H54N4O2/c1-2-3-4-5-6-7-8-9-10-11-12-13-14-15-19-22-29(35)34-28(23-27-24-31-25-32-27)30(36)33-26-20-17-16-18-21-26/h24-26,28H,2-23H2,1H3,(H,31,32)(H,33,36)(H,34,35)/t28-/m0/s1. The third kappa shape index (κ3) is 14.6. The Balaban J connectivity index is 1.51. The first-order valence-corrected chi connectivity index (χ1v) is 15.3. The lowest BCUT2D eigenvalue weighted by molar-refractivity contribution is -0.129. The minimum Gasteiger partial charge on any atom is -0.352 e. The molecule has 0 radical (unpaired) electrons. The fourth-order valence-corrected chi connectivity index (χ4v) is 5.30. The molecule has 1 aromatic rings.